The molecule has 0 saturated heterocycles. The van der Waals surface area contributed by atoms with Crippen molar-refractivity contribution in [3.8, 4) is 0 Å². The lowest BCUT2D eigenvalue weighted by Crippen LogP contribution is -2.41. The highest BCUT2D eigenvalue weighted by molar-refractivity contribution is 5.14. The van der Waals surface area contributed by atoms with Crippen LogP contribution in [0, 0.1) is 11.3 Å². The van der Waals surface area contributed by atoms with Crippen LogP contribution in [0.4, 0.5) is 0 Å². The Morgan fingerprint density at radius 3 is 2.58 bits per heavy atom. The van der Waals surface area contributed by atoms with Gasteiger partial charge in [0.15, 0.2) is 0 Å². The largest absolute Gasteiger partial charge is 0.396 e. The zero-order chi connectivity index (χ0) is 9.35. The van der Waals surface area contributed by atoms with Gasteiger partial charge in [0.25, 0.3) is 0 Å². The minimum atomic E-state index is -0.321. The van der Waals surface area contributed by atoms with Gasteiger partial charge in [0.1, 0.15) is 0 Å². The van der Waals surface area contributed by atoms with Crippen LogP contribution in [0.2, 0.25) is 0 Å². The van der Waals surface area contributed by atoms with Crippen LogP contribution in [0.3, 0.4) is 0 Å². The maximum Gasteiger partial charge on any atom is 0.0632 e. The van der Waals surface area contributed by atoms with Crippen molar-refractivity contribution >= 4 is 0 Å². The summed E-state index contributed by atoms with van der Waals surface area (Å²) in [6.07, 6.45) is 2.42. The van der Waals surface area contributed by atoms with Crippen LogP contribution >= 0.6 is 0 Å². The van der Waals surface area contributed by atoms with E-state index in [0.29, 0.717) is 0 Å². The molecule has 0 heterocycles. The van der Waals surface area contributed by atoms with E-state index in [1.54, 1.807) is 0 Å². The Bertz CT molecular complexity index is 194. The minimum Gasteiger partial charge on any atom is -0.396 e. The van der Waals surface area contributed by atoms with E-state index in [2.05, 4.69) is 0 Å². The average Bonchev–Trinajstić information content (AvgIpc) is 1.98. The van der Waals surface area contributed by atoms with Gasteiger partial charge in [-0.25, -0.2) is 0 Å². The van der Waals surface area contributed by atoms with Crippen LogP contribution < -0.4 is 0 Å². The van der Waals surface area contributed by atoms with Crippen molar-refractivity contribution in [2.45, 2.75) is 33.3 Å². The highest BCUT2D eigenvalue weighted by atomic mass is 16.3. The van der Waals surface area contributed by atoms with Gasteiger partial charge in [0.2, 0.25) is 0 Å². The molecule has 0 aromatic heterocycles. The van der Waals surface area contributed by atoms with Crippen molar-refractivity contribution in [2.24, 2.45) is 11.3 Å². The molecular formula is C10H18O2. The molecule has 0 aliphatic heterocycles. The summed E-state index contributed by atoms with van der Waals surface area (Å²) in [5.74, 6) is 0.112. The summed E-state index contributed by atoms with van der Waals surface area (Å²) in [6, 6.07) is 0. The van der Waals surface area contributed by atoms with E-state index in [-0.39, 0.29) is 24.0 Å². The second kappa shape index (κ2) is 3.19. The predicted octanol–water partition coefficient (Wildman–Crippen LogP) is 1.33. The first kappa shape index (κ1) is 9.75. The molecule has 12 heavy (non-hydrogen) atoms. The lowest BCUT2D eigenvalue weighted by Gasteiger charge is -2.41. The fraction of sp³-hybridized carbons (Fsp3) is 0.800. The van der Waals surface area contributed by atoms with Crippen molar-refractivity contribution in [2.75, 3.05) is 6.61 Å². The lowest BCUT2D eigenvalue weighted by molar-refractivity contribution is -0.00709. The third-order valence-corrected chi connectivity index (χ3v) is 3.15. The van der Waals surface area contributed by atoms with Crippen LogP contribution in [0.25, 0.3) is 0 Å². The van der Waals surface area contributed by atoms with Crippen LogP contribution in [-0.4, -0.2) is 22.9 Å². The topological polar surface area (TPSA) is 40.5 Å². The Balaban J connectivity index is 2.91. The molecule has 0 fully saturated rings. The molecule has 1 rings (SSSR count). The number of aliphatic hydroxyl groups excluding tert-OH is 2. The van der Waals surface area contributed by atoms with Crippen molar-refractivity contribution in [1.82, 2.24) is 0 Å². The predicted molar refractivity (Wildman–Crippen MR) is 48.7 cm³/mol. The lowest BCUT2D eigenvalue weighted by atomic mass is 9.67. The molecule has 0 bridgehead atoms. The standard InChI is InChI=1S/C10H18O2/c1-7-4-5-9(12)10(2,3)8(7)6-11/h4,8-9,11-12H,5-6H2,1-3H3. The van der Waals surface area contributed by atoms with Gasteiger partial charge in [-0.2, -0.15) is 0 Å². The molecule has 0 radical (unpaired) electrons. The zero-order valence-electron chi connectivity index (χ0n) is 8.04. The molecule has 2 N–H and O–H groups in total. The number of aliphatic hydroxyl groups is 2. The Morgan fingerprint density at radius 1 is 1.58 bits per heavy atom. The Hall–Kier alpha value is -0.340. The smallest absolute Gasteiger partial charge is 0.0632 e. The first-order chi connectivity index (χ1) is 5.50. The van der Waals surface area contributed by atoms with Gasteiger partial charge in [-0.3, -0.25) is 0 Å². The fourth-order valence-corrected chi connectivity index (χ4v) is 1.94. The molecule has 0 spiro atoms. The third kappa shape index (κ3) is 1.41. The normalized spacial score (nSPS) is 34.6. The molecule has 0 aromatic carbocycles. The minimum absolute atomic E-state index is 0.112. The molecule has 70 valence electrons. The fourth-order valence-electron chi connectivity index (χ4n) is 1.94. The van der Waals surface area contributed by atoms with Crippen molar-refractivity contribution in [3.63, 3.8) is 0 Å². The van der Waals surface area contributed by atoms with Gasteiger partial charge in [0, 0.05) is 5.92 Å². The second-order valence-electron chi connectivity index (χ2n) is 4.26. The van der Waals surface area contributed by atoms with Gasteiger partial charge in [0.05, 0.1) is 12.7 Å². The first-order valence-corrected chi connectivity index (χ1v) is 4.45. The highest BCUT2D eigenvalue weighted by Crippen LogP contribution is 2.40. The molecular weight excluding hydrogens is 152 g/mol. The second-order valence-corrected chi connectivity index (χ2v) is 4.26. The van der Waals surface area contributed by atoms with Crippen LogP contribution in [-0.2, 0) is 0 Å². The molecule has 0 amide bonds. The summed E-state index contributed by atoms with van der Waals surface area (Å²) in [4.78, 5) is 0. The van der Waals surface area contributed by atoms with Crippen molar-refractivity contribution < 1.29 is 10.2 Å². The SMILES string of the molecule is CC1=CCC(O)C(C)(C)C1CO. The van der Waals surface area contributed by atoms with E-state index in [4.69, 9.17) is 5.11 Å². The first-order valence-electron chi connectivity index (χ1n) is 4.45. The third-order valence-electron chi connectivity index (χ3n) is 3.15. The highest BCUT2D eigenvalue weighted by Gasteiger charge is 2.38. The summed E-state index contributed by atoms with van der Waals surface area (Å²) in [6.45, 7) is 6.17. The summed E-state index contributed by atoms with van der Waals surface area (Å²) in [7, 11) is 0. The zero-order valence-corrected chi connectivity index (χ0v) is 8.04. The Kier molecular flexibility index (Phi) is 2.59. The molecule has 1 aliphatic rings. The van der Waals surface area contributed by atoms with Gasteiger partial charge < -0.3 is 10.2 Å². The van der Waals surface area contributed by atoms with E-state index in [1.807, 2.05) is 26.8 Å². The van der Waals surface area contributed by atoms with Gasteiger partial charge >= 0.3 is 0 Å². The van der Waals surface area contributed by atoms with Crippen molar-refractivity contribution in [1.29, 1.82) is 0 Å². The summed E-state index contributed by atoms with van der Waals surface area (Å²) in [5, 5.41) is 18.9. The average molecular weight is 170 g/mol. The molecule has 1 aliphatic carbocycles. The summed E-state index contributed by atoms with van der Waals surface area (Å²) in [5.41, 5.74) is 1.01. The van der Waals surface area contributed by atoms with Crippen LogP contribution in [0.5, 0.6) is 0 Å². The monoisotopic (exact) mass is 170 g/mol. The van der Waals surface area contributed by atoms with Gasteiger partial charge in [-0.15, -0.1) is 0 Å². The van der Waals surface area contributed by atoms with Gasteiger partial charge in [-0.1, -0.05) is 25.5 Å². The summed E-state index contributed by atoms with van der Waals surface area (Å²) >= 11 is 0. The Labute approximate surface area is 73.9 Å². The molecule has 2 nitrogen and oxygen atoms in total. The molecule has 2 heteroatoms. The van der Waals surface area contributed by atoms with E-state index >= 15 is 0 Å². The van der Waals surface area contributed by atoms with Crippen LogP contribution in [0.15, 0.2) is 11.6 Å². The number of rotatable bonds is 1. The maximum absolute atomic E-state index is 9.70. The van der Waals surface area contributed by atoms with Crippen LogP contribution in [0.1, 0.15) is 27.2 Å². The van der Waals surface area contributed by atoms with E-state index in [0.717, 1.165) is 6.42 Å². The van der Waals surface area contributed by atoms with E-state index < -0.39 is 0 Å². The quantitative estimate of drug-likeness (QED) is 0.583. The molecule has 0 saturated carbocycles. The molecule has 2 atom stereocenters. The summed E-state index contributed by atoms with van der Waals surface area (Å²) < 4.78 is 0. The molecule has 2 unspecified atom stereocenters. The van der Waals surface area contributed by atoms with Gasteiger partial charge in [-0.05, 0) is 18.8 Å². The van der Waals surface area contributed by atoms with Crippen molar-refractivity contribution in [3.05, 3.63) is 11.6 Å². The molecule has 0 aromatic rings. The van der Waals surface area contributed by atoms with E-state index in [1.165, 1.54) is 5.57 Å². The number of hydrogen-bond acceptors (Lipinski definition) is 2. The maximum atomic E-state index is 9.70. The number of hydrogen-bond donors (Lipinski definition) is 2. The van der Waals surface area contributed by atoms with E-state index in [9.17, 15) is 5.11 Å². The Morgan fingerprint density at radius 2 is 2.17 bits per heavy atom.